The van der Waals surface area contributed by atoms with Crippen LogP contribution in [0.4, 0.5) is 5.69 Å². The molecule has 0 radical (unpaired) electrons. The second-order valence-electron chi connectivity index (χ2n) is 5.12. The first-order chi connectivity index (χ1) is 10.4. The zero-order valence-corrected chi connectivity index (χ0v) is 12.3. The van der Waals surface area contributed by atoms with Crippen molar-refractivity contribution < 1.29 is 0 Å². The van der Waals surface area contributed by atoms with E-state index >= 15 is 0 Å². The fourth-order valence-electron chi connectivity index (χ4n) is 2.37. The highest BCUT2D eigenvalue weighted by atomic mass is 15.1. The third-order valence-corrected chi connectivity index (χ3v) is 3.53. The Morgan fingerprint density at radius 2 is 2.00 bits per heavy atom. The minimum atomic E-state index is 0.713. The number of pyridine rings is 1. The molecule has 0 saturated carbocycles. The number of nitrogens with one attached hydrogen (secondary N) is 2. The monoisotopic (exact) mass is 280 g/mol. The lowest BCUT2D eigenvalue weighted by atomic mass is 10.1. The number of hydrogen-bond acceptors (Lipinski definition) is 4. The predicted molar refractivity (Wildman–Crippen MR) is 87.9 cm³/mol. The van der Waals surface area contributed by atoms with Gasteiger partial charge in [0, 0.05) is 36.1 Å². The van der Waals surface area contributed by atoms with Crippen LogP contribution in [0.3, 0.4) is 0 Å². The van der Waals surface area contributed by atoms with Gasteiger partial charge in [0.05, 0.1) is 18.1 Å². The number of benzene rings is 1. The lowest BCUT2D eigenvalue weighted by molar-refractivity contribution is 0.850. The Morgan fingerprint density at radius 3 is 2.71 bits per heavy atom. The molecular weight excluding hydrogens is 260 g/mol. The SMILES string of the molecule is CCCNc1ccc(-c2cc(C3=NCNC3)ccn2)cc1. The summed E-state index contributed by atoms with van der Waals surface area (Å²) in [4.78, 5) is 8.93. The molecule has 3 rings (SSSR count). The summed E-state index contributed by atoms with van der Waals surface area (Å²) < 4.78 is 0. The zero-order valence-electron chi connectivity index (χ0n) is 12.3. The van der Waals surface area contributed by atoms with E-state index in [2.05, 4.69) is 57.9 Å². The Bertz CT molecular complexity index is 631. The number of aliphatic imine (C=N–C) groups is 1. The maximum atomic E-state index is 4.48. The highest BCUT2D eigenvalue weighted by Gasteiger charge is 2.09. The summed E-state index contributed by atoms with van der Waals surface area (Å²) in [5.41, 5.74) is 5.54. The molecule has 0 unspecified atom stereocenters. The van der Waals surface area contributed by atoms with Crippen LogP contribution in [0, 0.1) is 0 Å². The number of rotatable bonds is 5. The van der Waals surface area contributed by atoms with Crippen LogP contribution in [0.5, 0.6) is 0 Å². The first-order valence-electron chi connectivity index (χ1n) is 7.41. The summed E-state index contributed by atoms with van der Waals surface area (Å²) in [6.45, 7) is 4.71. The van der Waals surface area contributed by atoms with E-state index in [1.54, 1.807) is 0 Å². The Balaban J connectivity index is 1.81. The maximum Gasteiger partial charge on any atom is 0.0891 e. The fraction of sp³-hybridized carbons (Fsp3) is 0.294. The summed E-state index contributed by atoms with van der Waals surface area (Å²) in [6.07, 6.45) is 2.98. The van der Waals surface area contributed by atoms with Gasteiger partial charge in [-0.2, -0.15) is 0 Å². The standard InChI is InChI=1S/C17H20N4/c1-2-8-19-15-5-3-13(4-6-15)16-10-14(7-9-20-16)17-11-18-12-21-17/h3-7,9-10,18-19H,2,8,11-12H2,1H3. The van der Waals surface area contributed by atoms with E-state index in [-0.39, 0.29) is 0 Å². The Hall–Kier alpha value is -2.20. The summed E-state index contributed by atoms with van der Waals surface area (Å²) in [6, 6.07) is 12.6. The van der Waals surface area contributed by atoms with Crippen LogP contribution in [0.2, 0.25) is 0 Å². The van der Waals surface area contributed by atoms with Crippen molar-refractivity contribution in [2.45, 2.75) is 13.3 Å². The number of hydrogen-bond donors (Lipinski definition) is 2. The highest BCUT2D eigenvalue weighted by molar-refractivity contribution is 6.03. The summed E-state index contributed by atoms with van der Waals surface area (Å²) in [7, 11) is 0. The molecule has 1 aromatic heterocycles. The number of nitrogens with zero attached hydrogens (tertiary/aromatic N) is 2. The smallest absolute Gasteiger partial charge is 0.0891 e. The zero-order chi connectivity index (χ0) is 14.5. The van der Waals surface area contributed by atoms with E-state index in [1.165, 1.54) is 0 Å². The quantitative estimate of drug-likeness (QED) is 0.885. The average molecular weight is 280 g/mol. The second-order valence-corrected chi connectivity index (χ2v) is 5.12. The highest BCUT2D eigenvalue weighted by Crippen LogP contribution is 2.21. The molecule has 2 aromatic rings. The topological polar surface area (TPSA) is 49.3 Å². The molecule has 0 bridgehead atoms. The van der Waals surface area contributed by atoms with Crippen LogP contribution >= 0.6 is 0 Å². The molecule has 2 heterocycles. The fourth-order valence-corrected chi connectivity index (χ4v) is 2.37. The normalized spacial score (nSPS) is 14.0. The van der Waals surface area contributed by atoms with Crippen LogP contribution in [-0.2, 0) is 0 Å². The lowest BCUT2D eigenvalue weighted by Crippen LogP contribution is -2.14. The Morgan fingerprint density at radius 1 is 1.14 bits per heavy atom. The van der Waals surface area contributed by atoms with Gasteiger partial charge < -0.3 is 5.32 Å². The summed E-state index contributed by atoms with van der Waals surface area (Å²) in [5, 5.41) is 6.61. The molecule has 0 saturated heterocycles. The van der Waals surface area contributed by atoms with Crippen LogP contribution in [0.15, 0.2) is 47.6 Å². The van der Waals surface area contributed by atoms with Crippen molar-refractivity contribution in [2.75, 3.05) is 25.1 Å². The van der Waals surface area contributed by atoms with Crippen molar-refractivity contribution in [1.29, 1.82) is 0 Å². The van der Waals surface area contributed by atoms with Crippen LogP contribution in [0.1, 0.15) is 18.9 Å². The molecule has 0 fully saturated rings. The molecule has 0 aliphatic carbocycles. The number of aromatic nitrogens is 1. The molecule has 0 spiro atoms. The van der Waals surface area contributed by atoms with Gasteiger partial charge >= 0.3 is 0 Å². The predicted octanol–water partition coefficient (Wildman–Crippen LogP) is 2.92. The van der Waals surface area contributed by atoms with Crippen molar-refractivity contribution >= 4 is 11.4 Å². The van der Waals surface area contributed by atoms with E-state index in [0.717, 1.165) is 47.7 Å². The van der Waals surface area contributed by atoms with Crippen LogP contribution in [0.25, 0.3) is 11.3 Å². The Kier molecular flexibility index (Phi) is 4.26. The van der Waals surface area contributed by atoms with E-state index in [1.807, 2.05) is 12.3 Å². The molecular formula is C17H20N4. The van der Waals surface area contributed by atoms with Gasteiger partial charge in [-0.05, 0) is 30.7 Å². The maximum absolute atomic E-state index is 4.48. The van der Waals surface area contributed by atoms with Gasteiger partial charge in [-0.3, -0.25) is 15.3 Å². The molecule has 21 heavy (non-hydrogen) atoms. The molecule has 4 nitrogen and oxygen atoms in total. The first kappa shape index (κ1) is 13.8. The van der Waals surface area contributed by atoms with E-state index in [4.69, 9.17) is 0 Å². The van der Waals surface area contributed by atoms with Crippen molar-refractivity contribution in [3.8, 4) is 11.3 Å². The third-order valence-electron chi connectivity index (χ3n) is 3.53. The summed E-state index contributed by atoms with van der Waals surface area (Å²) in [5.74, 6) is 0. The first-order valence-corrected chi connectivity index (χ1v) is 7.41. The molecule has 1 aliphatic rings. The van der Waals surface area contributed by atoms with Crippen molar-refractivity contribution in [3.05, 3.63) is 48.2 Å². The number of anilines is 1. The Labute approximate surface area is 125 Å². The van der Waals surface area contributed by atoms with E-state index < -0.39 is 0 Å². The van der Waals surface area contributed by atoms with Crippen molar-refractivity contribution in [1.82, 2.24) is 10.3 Å². The van der Waals surface area contributed by atoms with Gasteiger partial charge in [0.15, 0.2) is 0 Å². The minimum Gasteiger partial charge on any atom is -0.385 e. The molecule has 0 amide bonds. The average Bonchev–Trinajstić information content (AvgIpc) is 3.08. The third kappa shape index (κ3) is 3.28. The minimum absolute atomic E-state index is 0.713. The van der Waals surface area contributed by atoms with Gasteiger partial charge in [-0.25, -0.2) is 0 Å². The molecule has 4 heteroatoms. The largest absolute Gasteiger partial charge is 0.385 e. The van der Waals surface area contributed by atoms with Crippen LogP contribution < -0.4 is 10.6 Å². The van der Waals surface area contributed by atoms with E-state index in [9.17, 15) is 0 Å². The van der Waals surface area contributed by atoms with Gasteiger partial charge in [0.2, 0.25) is 0 Å². The molecule has 1 aromatic carbocycles. The van der Waals surface area contributed by atoms with Crippen molar-refractivity contribution in [3.63, 3.8) is 0 Å². The van der Waals surface area contributed by atoms with E-state index in [0.29, 0.717) is 6.67 Å². The van der Waals surface area contributed by atoms with Crippen LogP contribution in [-0.4, -0.2) is 30.5 Å². The molecule has 1 aliphatic heterocycles. The molecule has 0 atom stereocenters. The molecule has 2 N–H and O–H groups in total. The molecule has 108 valence electrons. The van der Waals surface area contributed by atoms with Gasteiger partial charge in [-0.15, -0.1) is 0 Å². The van der Waals surface area contributed by atoms with Gasteiger partial charge in [-0.1, -0.05) is 19.1 Å². The lowest BCUT2D eigenvalue weighted by Gasteiger charge is -2.07. The second kappa shape index (κ2) is 6.50. The summed E-state index contributed by atoms with van der Waals surface area (Å²) >= 11 is 0. The van der Waals surface area contributed by atoms with Gasteiger partial charge in [0.1, 0.15) is 0 Å². The van der Waals surface area contributed by atoms with Crippen molar-refractivity contribution in [2.24, 2.45) is 4.99 Å². The van der Waals surface area contributed by atoms with Gasteiger partial charge in [0.25, 0.3) is 0 Å².